The summed E-state index contributed by atoms with van der Waals surface area (Å²) in [6.07, 6.45) is 8.51. The van der Waals surface area contributed by atoms with Crippen LogP contribution in [0.4, 0.5) is 0 Å². The fourth-order valence-corrected chi connectivity index (χ4v) is 4.12. The zero-order valence-electron chi connectivity index (χ0n) is 10.6. The van der Waals surface area contributed by atoms with Gasteiger partial charge in [0.1, 0.15) is 0 Å². The number of halogens is 1. The predicted molar refractivity (Wildman–Crippen MR) is 76.2 cm³/mol. The Hall–Kier alpha value is -1.58. The van der Waals surface area contributed by atoms with E-state index in [1.807, 2.05) is 0 Å². The fourth-order valence-electron chi connectivity index (χ4n) is 2.19. The average Bonchev–Trinajstić information content (AvgIpc) is 2.76. The normalized spacial score (nSPS) is 20.3. The van der Waals surface area contributed by atoms with E-state index < -0.39 is 15.9 Å². The topological polar surface area (TPSA) is 67.3 Å². The van der Waals surface area contributed by atoms with Gasteiger partial charge in [-0.1, -0.05) is 17.5 Å². The summed E-state index contributed by atoms with van der Waals surface area (Å²) in [6, 6.07) is 1.10. The maximum atomic E-state index is 12.5. The molecule has 7 heteroatoms. The van der Waals surface area contributed by atoms with Crippen molar-refractivity contribution in [1.82, 2.24) is 9.88 Å². The molecule has 1 aliphatic rings. The number of sulfone groups is 1. The Kier molecular flexibility index (Phi) is 4.31. The number of hydrogen-bond acceptors (Lipinski definition) is 4. The van der Waals surface area contributed by atoms with E-state index >= 15 is 0 Å². The van der Waals surface area contributed by atoms with Crippen molar-refractivity contribution in [2.24, 2.45) is 0 Å². The number of pyridine rings is 1. The molecule has 1 saturated heterocycles. The zero-order valence-corrected chi connectivity index (χ0v) is 12.2. The van der Waals surface area contributed by atoms with Crippen molar-refractivity contribution in [3.63, 3.8) is 0 Å². The van der Waals surface area contributed by atoms with Crippen LogP contribution < -0.4 is 0 Å². The van der Waals surface area contributed by atoms with Crippen molar-refractivity contribution in [3.8, 4) is 12.3 Å². The minimum absolute atomic E-state index is 0.0525. The number of aromatic nitrogens is 1. The number of carbonyl (C=O) groups excluding carboxylic acids is 1. The van der Waals surface area contributed by atoms with E-state index in [0.717, 1.165) is 0 Å². The Bertz CT molecular complexity index is 666. The first-order valence-corrected chi connectivity index (χ1v) is 8.19. The van der Waals surface area contributed by atoms with Gasteiger partial charge in [-0.3, -0.25) is 9.78 Å². The Labute approximate surface area is 122 Å². The van der Waals surface area contributed by atoms with Crippen LogP contribution in [0.1, 0.15) is 16.8 Å². The van der Waals surface area contributed by atoms with E-state index in [1.165, 1.54) is 23.4 Å². The summed E-state index contributed by atoms with van der Waals surface area (Å²) in [4.78, 5) is 17.7. The summed E-state index contributed by atoms with van der Waals surface area (Å²) in [6.45, 7) is 0.0532. The summed E-state index contributed by atoms with van der Waals surface area (Å²) < 4.78 is 23.1. The lowest BCUT2D eigenvalue weighted by molar-refractivity contribution is 0.0724. The van der Waals surface area contributed by atoms with Gasteiger partial charge >= 0.3 is 0 Å². The van der Waals surface area contributed by atoms with Gasteiger partial charge in [-0.05, 0) is 12.5 Å². The molecule has 1 aromatic rings. The Morgan fingerprint density at radius 3 is 2.90 bits per heavy atom. The maximum absolute atomic E-state index is 12.5. The standard InChI is InChI=1S/C13H13ClN2O3S/c1-2-6-16(10-4-7-20(18,19)9-10)13(17)11-3-5-15-8-12(11)14/h1,3,5,8,10H,4,6-7,9H2. The summed E-state index contributed by atoms with van der Waals surface area (Å²) in [5.41, 5.74) is 0.279. The molecule has 1 atom stereocenters. The molecular weight excluding hydrogens is 300 g/mol. The minimum Gasteiger partial charge on any atom is -0.323 e. The number of terminal acetylenes is 1. The molecule has 1 fully saturated rings. The highest BCUT2D eigenvalue weighted by Crippen LogP contribution is 2.22. The summed E-state index contributed by atoms with van der Waals surface area (Å²) >= 11 is 5.95. The van der Waals surface area contributed by atoms with Crippen molar-refractivity contribution < 1.29 is 13.2 Å². The van der Waals surface area contributed by atoms with Crippen LogP contribution >= 0.6 is 11.6 Å². The molecule has 5 nitrogen and oxygen atoms in total. The van der Waals surface area contributed by atoms with Crippen molar-refractivity contribution >= 4 is 27.3 Å². The zero-order chi connectivity index (χ0) is 14.8. The van der Waals surface area contributed by atoms with E-state index in [4.69, 9.17) is 18.0 Å². The molecular formula is C13H13ClN2O3S. The lowest BCUT2D eigenvalue weighted by Gasteiger charge is -2.26. The second-order valence-corrected chi connectivity index (χ2v) is 7.19. The Balaban J connectivity index is 2.28. The van der Waals surface area contributed by atoms with Crippen LogP contribution in [-0.2, 0) is 9.84 Å². The van der Waals surface area contributed by atoms with Crippen LogP contribution in [0.3, 0.4) is 0 Å². The van der Waals surface area contributed by atoms with E-state index in [-0.39, 0.29) is 34.5 Å². The first-order valence-electron chi connectivity index (χ1n) is 5.99. The van der Waals surface area contributed by atoms with Crippen molar-refractivity contribution in [3.05, 3.63) is 29.0 Å². The first kappa shape index (κ1) is 14.8. The van der Waals surface area contributed by atoms with Gasteiger partial charge < -0.3 is 4.90 Å². The molecule has 2 rings (SSSR count). The second-order valence-electron chi connectivity index (χ2n) is 4.55. The van der Waals surface area contributed by atoms with Gasteiger partial charge in [0.25, 0.3) is 5.91 Å². The molecule has 1 aliphatic heterocycles. The number of nitrogens with zero attached hydrogens (tertiary/aromatic N) is 2. The van der Waals surface area contributed by atoms with Crippen LogP contribution in [0.25, 0.3) is 0 Å². The number of carbonyl (C=O) groups is 1. The number of hydrogen-bond donors (Lipinski definition) is 0. The molecule has 0 saturated carbocycles. The van der Waals surface area contributed by atoms with Gasteiger partial charge in [0, 0.05) is 18.4 Å². The third-order valence-corrected chi connectivity index (χ3v) is 5.23. The molecule has 0 aromatic carbocycles. The quantitative estimate of drug-likeness (QED) is 0.781. The van der Waals surface area contributed by atoms with E-state index in [9.17, 15) is 13.2 Å². The lowest BCUT2D eigenvalue weighted by atomic mass is 10.1. The summed E-state index contributed by atoms with van der Waals surface area (Å²) in [5, 5.41) is 0.223. The number of amides is 1. The molecule has 20 heavy (non-hydrogen) atoms. The predicted octanol–water partition coefficient (Wildman–Crippen LogP) is 0.998. The van der Waals surface area contributed by atoms with E-state index in [0.29, 0.717) is 6.42 Å². The molecule has 0 radical (unpaired) electrons. The summed E-state index contributed by atoms with van der Waals surface area (Å²) in [5.74, 6) is 2.06. The summed E-state index contributed by atoms with van der Waals surface area (Å²) in [7, 11) is -3.09. The average molecular weight is 313 g/mol. The molecule has 1 unspecified atom stereocenters. The van der Waals surface area contributed by atoms with E-state index in [2.05, 4.69) is 10.9 Å². The fraction of sp³-hybridized carbons (Fsp3) is 0.385. The van der Waals surface area contributed by atoms with Crippen LogP contribution in [-0.4, -0.2) is 48.3 Å². The van der Waals surface area contributed by atoms with Gasteiger partial charge in [-0.15, -0.1) is 6.42 Å². The van der Waals surface area contributed by atoms with Gasteiger partial charge in [0.05, 0.1) is 28.6 Å². The SMILES string of the molecule is C#CCN(C(=O)c1ccncc1Cl)C1CCS(=O)(=O)C1. The highest BCUT2D eigenvalue weighted by atomic mass is 35.5. The molecule has 2 heterocycles. The monoisotopic (exact) mass is 312 g/mol. The van der Waals surface area contributed by atoms with Crippen LogP contribution in [0.2, 0.25) is 5.02 Å². The molecule has 0 aliphatic carbocycles. The lowest BCUT2D eigenvalue weighted by Crippen LogP contribution is -2.41. The van der Waals surface area contributed by atoms with Crippen LogP contribution in [0, 0.1) is 12.3 Å². The smallest absolute Gasteiger partial charge is 0.256 e. The van der Waals surface area contributed by atoms with E-state index in [1.54, 1.807) is 0 Å². The number of rotatable bonds is 3. The third kappa shape index (κ3) is 3.11. The van der Waals surface area contributed by atoms with Gasteiger partial charge in [0.2, 0.25) is 0 Å². The van der Waals surface area contributed by atoms with Crippen molar-refractivity contribution in [1.29, 1.82) is 0 Å². The molecule has 0 spiro atoms. The van der Waals surface area contributed by atoms with Crippen LogP contribution in [0.5, 0.6) is 0 Å². The minimum atomic E-state index is -3.09. The van der Waals surface area contributed by atoms with Crippen molar-refractivity contribution in [2.45, 2.75) is 12.5 Å². The molecule has 1 aromatic heterocycles. The highest BCUT2D eigenvalue weighted by molar-refractivity contribution is 7.91. The Morgan fingerprint density at radius 1 is 1.60 bits per heavy atom. The Morgan fingerprint density at radius 2 is 2.35 bits per heavy atom. The second kappa shape index (κ2) is 5.81. The first-order chi connectivity index (χ1) is 9.44. The molecule has 1 amide bonds. The van der Waals surface area contributed by atoms with Crippen molar-refractivity contribution in [2.75, 3.05) is 18.1 Å². The highest BCUT2D eigenvalue weighted by Gasteiger charge is 2.35. The molecule has 0 N–H and O–H groups in total. The molecule has 0 bridgehead atoms. The van der Waals surface area contributed by atoms with Gasteiger partial charge in [-0.25, -0.2) is 8.42 Å². The van der Waals surface area contributed by atoms with Gasteiger partial charge in [0.15, 0.2) is 9.84 Å². The largest absolute Gasteiger partial charge is 0.323 e. The molecule has 106 valence electrons. The maximum Gasteiger partial charge on any atom is 0.256 e. The van der Waals surface area contributed by atoms with Crippen LogP contribution in [0.15, 0.2) is 18.5 Å². The van der Waals surface area contributed by atoms with Gasteiger partial charge in [-0.2, -0.15) is 0 Å². The third-order valence-electron chi connectivity index (χ3n) is 3.17.